The molecule has 5 nitrogen and oxygen atoms in total. The van der Waals surface area contributed by atoms with E-state index in [0.29, 0.717) is 39.3 Å². The van der Waals surface area contributed by atoms with Crippen molar-refractivity contribution in [3.05, 3.63) is 113 Å². The van der Waals surface area contributed by atoms with Crippen molar-refractivity contribution in [2.45, 2.75) is 13.1 Å². The summed E-state index contributed by atoms with van der Waals surface area (Å²) in [6, 6.07) is 23.0. The van der Waals surface area contributed by atoms with Crippen LogP contribution >= 0.6 is 0 Å². The van der Waals surface area contributed by atoms with Crippen LogP contribution in [0.4, 0.5) is 30.2 Å². The maximum absolute atomic E-state index is 13.2. The molecule has 0 saturated heterocycles. The largest absolute Gasteiger partial charge is 0.416 e. The van der Waals surface area contributed by atoms with E-state index in [1.165, 1.54) is 12.1 Å². The van der Waals surface area contributed by atoms with Crippen molar-refractivity contribution in [3.63, 3.8) is 0 Å². The second-order valence-electron chi connectivity index (χ2n) is 8.13. The number of hydrogen-bond acceptors (Lipinski definition) is 3. The number of rotatable bonds is 5. The number of halogens is 3. The van der Waals surface area contributed by atoms with Crippen molar-refractivity contribution < 1.29 is 22.8 Å². The van der Waals surface area contributed by atoms with Gasteiger partial charge in [-0.1, -0.05) is 36.4 Å². The number of nitrogen functional groups attached to an aromatic ring is 1. The number of carbonyl (C=O) groups is 2. The number of nitrogens with one attached hydrogen (secondary N) is 2. The predicted octanol–water partition coefficient (Wildman–Crippen LogP) is 6.77. The number of amides is 2. The smallest absolute Gasteiger partial charge is 0.399 e. The van der Waals surface area contributed by atoms with Crippen LogP contribution in [0.1, 0.15) is 31.8 Å². The average Bonchev–Trinajstić information content (AvgIpc) is 2.86. The van der Waals surface area contributed by atoms with Gasteiger partial charge in [-0.2, -0.15) is 13.2 Å². The molecule has 0 fully saturated rings. The molecule has 0 aliphatic heterocycles. The van der Waals surface area contributed by atoms with Gasteiger partial charge in [0, 0.05) is 28.2 Å². The van der Waals surface area contributed by atoms with E-state index in [1.54, 1.807) is 73.7 Å². The molecule has 4 aromatic carbocycles. The highest BCUT2D eigenvalue weighted by Gasteiger charge is 2.30. The molecule has 0 heterocycles. The van der Waals surface area contributed by atoms with Crippen LogP contribution in [0, 0.1) is 6.92 Å². The lowest BCUT2D eigenvalue weighted by Crippen LogP contribution is -2.17. The summed E-state index contributed by atoms with van der Waals surface area (Å²) in [7, 11) is 0. The molecule has 4 N–H and O–H groups in total. The van der Waals surface area contributed by atoms with E-state index in [2.05, 4.69) is 10.6 Å². The lowest BCUT2D eigenvalue weighted by molar-refractivity contribution is -0.137. The van der Waals surface area contributed by atoms with Gasteiger partial charge in [-0.15, -0.1) is 0 Å². The Morgan fingerprint density at radius 2 is 1.33 bits per heavy atom. The average molecular weight is 489 g/mol. The highest BCUT2D eigenvalue weighted by atomic mass is 19.4. The van der Waals surface area contributed by atoms with E-state index in [0.717, 1.165) is 12.1 Å². The van der Waals surface area contributed by atoms with Crippen LogP contribution in [0.25, 0.3) is 11.1 Å². The van der Waals surface area contributed by atoms with Crippen LogP contribution in [-0.2, 0) is 6.18 Å². The van der Waals surface area contributed by atoms with Crippen LogP contribution in [0.3, 0.4) is 0 Å². The monoisotopic (exact) mass is 489 g/mol. The van der Waals surface area contributed by atoms with Gasteiger partial charge >= 0.3 is 6.18 Å². The molecule has 0 aliphatic rings. The molecular formula is C28H22F3N3O2. The lowest BCUT2D eigenvalue weighted by Gasteiger charge is -2.15. The Bertz CT molecular complexity index is 1410. The number of benzene rings is 4. The van der Waals surface area contributed by atoms with Gasteiger partial charge in [0.1, 0.15) is 0 Å². The van der Waals surface area contributed by atoms with E-state index in [1.807, 2.05) is 0 Å². The minimum absolute atomic E-state index is 0.286. The van der Waals surface area contributed by atoms with Crippen molar-refractivity contribution in [2.75, 3.05) is 16.4 Å². The molecule has 8 heteroatoms. The zero-order valence-electron chi connectivity index (χ0n) is 19.2. The minimum atomic E-state index is -4.45. The summed E-state index contributed by atoms with van der Waals surface area (Å²) >= 11 is 0. The summed E-state index contributed by atoms with van der Waals surface area (Å²) in [5.41, 5.74) is 8.68. The highest BCUT2D eigenvalue weighted by molar-refractivity contribution is 6.11. The standard InChI is InChI=1S/C28H22F3N3O2/c1-17-22(26(35)33-21-15-13-20(32)14-16-21)7-4-8-25(17)34-27(36)24-6-3-2-5-23(24)18-9-11-19(12-10-18)28(29,30)31/h2-16H,32H2,1H3,(H,33,35)(H,34,36). The number of carbonyl (C=O) groups excluding carboxylic acids is 2. The molecule has 4 rings (SSSR count). The van der Waals surface area contributed by atoms with Gasteiger partial charge in [-0.05, 0) is 78.2 Å². The molecule has 0 bridgehead atoms. The maximum Gasteiger partial charge on any atom is 0.416 e. The molecule has 2 amide bonds. The molecule has 0 unspecified atom stereocenters. The molecule has 36 heavy (non-hydrogen) atoms. The first-order valence-corrected chi connectivity index (χ1v) is 11.0. The third kappa shape index (κ3) is 5.38. The van der Waals surface area contributed by atoms with Crippen molar-refractivity contribution in [2.24, 2.45) is 0 Å². The van der Waals surface area contributed by atoms with E-state index >= 15 is 0 Å². The van der Waals surface area contributed by atoms with E-state index in [-0.39, 0.29) is 11.5 Å². The summed E-state index contributed by atoms with van der Waals surface area (Å²) < 4.78 is 38.8. The Morgan fingerprint density at radius 1 is 0.722 bits per heavy atom. The van der Waals surface area contributed by atoms with Crippen LogP contribution in [-0.4, -0.2) is 11.8 Å². The summed E-state index contributed by atoms with van der Waals surface area (Å²) in [6.45, 7) is 1.72. The van der Waals surface area contributed by atoms with Crippen molar-refractivity contribution in [3.8, 4) is 11.1 Å². The molecule has 4 aromatic rings. The first-order chi connectivity index (χ1) is 17.1. The molecule has 0 saturated carbocycles. The van der Waals surface area contributed by atoms with Gasteiger partial charge in [0.25, 0.3) is 11.8 Å². The summed E-state index contributed by atoms with van der Waals surface area (Å²) in [4.78, 5) is 26.0. The van der Waals surface area contributed by atoms with Crippen LogP contribution in [0.5, 0.6) is 0 Å². The SMILES string of the molecule is Cc1c(NC(=O)c2ccccc2-c2ccc(C(F)(F)F)cc2)cccc1C(=O)Nc1ccc(N)cc1. The summed E-state index contributed by atoms with van der Waals surface area (Å²) in [6.07, 6.45) is -4.45. The highest BCUT2D eigenvalue weighted by Crippen LogP contribution is 2.32. The van der Waals surface area contributed by atoms with Crippen LogP contribution in [0.15, 0.2) is 91.0 Å². The van der Waals surface area contributed by atoms with Crippen molar-refractivity contribution in [1.29, 1.82) is 0 Å². The fourth-order valence-electron chi connectivity index (χ4n) is 3.74. The minimum Gasteiger partial charge on any atom is -0.399 e. The van der Waals surface area contributed by atoms with E-state index < -0.39 is 17.6 Å². The molecule has 0 spiro atoms. The maximum atomic E-state index is 13.2. The van der Waals surface area contributed by atoms with Crippen molar-refractivity contribution >= 4 is 28.9 Å². The van der Waals surface area contributed by atoms with Gasteiger partial charge in [0.2, 0.25) is 0 Å². The molecule has 0 aliphatic carbocycles. The summed E-state index contributed by atoms with van der Waals surface area (Å²) in [5.74, 6) is -0.803. The normalized spacial score (nSPS) is 11.1. The fourth-order valence-corrected chi connectivity index (χ4v) is 3.74. The quantitative estimate of drug-likeness (QED) is 0.271. The molecular weight excluding hydrogens is 467 g/mol. The topological polar surface area (TPSA) is 84.2 Å². The van der Waals surface area contributed by atoms with E-state index in [9.17, 15) is 22.8 Å². The predicted molar refractivity (Wildman–Crippen MR) is 135 cm³/mol. The zero-order valence-corrected chi connectivity index (χ0v) is 19.2. The first-order valence-electron chi connectivity index (χ1n) is 11.0. The second-order valence-corrected chi connectivity index (χ2v) is 8.13. The first kappa shape index (κ1) is 24.5. The Labute approximate surface area is 205 Å². The molecule has 0 atom stereocenters. The van der Waals surface area contributed by atoms with Gasteiger partial charge < -0.3 is 16.4 Å². The Balaban J connectivity index is 1.57. The van der Waals surface area contributed by atoms with Crippen molar-refractivity contribution in [1.82, 2.24) is 0 Å². The Kier molecular flexibility index (Phi) is 6.78. The number of nitrogens with two attached hydrogens (primary N) is 1. The van der Waals surface area contributed by atoms with Crippen LogP contribution < -0.4 is 16.4 Å². The Hall–Kier alpha value is -4.59. The fraction of sp³-hybridized carbons (Fsp3) is 0.0714. The van der Waals surface area contributed by atoms with Gasteiger partial charge in [-0.25, -0.2) is 0 Å². The lowest BCUT2D eigenvalue weighted by atomic mass is 9.97. The Morgan fingerprint density at radius 3 is 2.00 bits per heavy atom. The third-order valence-electron chi connectivity index (χ3n) is 5.69. The van der Waals surface area contributed by atoms with Gasteiger partial charge in [0.15, 0.2) is 0 Å². The van der Waals surface area contributed by atoms with E-state index in [4.69, 9.17) is 5.73 Å². The third-order valence-corrected chi connectivity index (χ3v) is 5.69. The molecule has 0 aromatic heterocycles. The molecule has 0 radical (unpaired) electrons. The zero-order chi connectivity index (χ0) is 25.9. The summed E-state index contributed by atoms with van der Waals surface area (Å²) in [5, 5.41) is 5.62. The number of hydrogen-bond donors (Lipinski definition) is 3. The number of alkyl halides is 3. The molecule has 182 valence electrons. The number of anilines is 3. The van der Waals surface area contributed by atoms with Crippen LogP contribution in [0.2, 0.25) is 0 Å². The van der Waals surface area contributed by atoms with Gasteiger partial charge in [-0.3, -0.25) is 9.59 Å². The second kappa shape index (κ2) is 9.95. The van der Waals surface area contributed by atoms with Gasteiger partial charge in [0.05, 0.1) is 5.56 Å².